The lowest BCUT2D eigenvalue weighted by molar-refractivity contribution is -0.151. The highest BCUT2D eigenvalue weighted by Gasteiger charge is 2.66. The number of aliphatic hydroxyl groups is 1. The second-order valence-electron chi connectivity index (χ2n) is 16.6. The molecule has 0 unspecified atom stereocenters. The maximum atomic E-state index is 15.4. The van der Waals surface area contributed by atoms with E-state index in [-0.39, 0.29) is 54.8 Å². The molecule has 10 nitrogen and oxygen atoms in total. The number of nitrogens with one attached hydrogen (secondary N) is 1. The fourth-order valence-electron chi connectivity index (χ4n) is 9.85. The molecule has 3 aliphatic rings. The number of ether oxygens (including phenoxy) is 3. The van der Waals surface area contributed by atoms with Gasteiger partial charge >= 0.3 is 0 Å². The Morgan fingerprint density at radius 1 is 0.900 bits per heavy atom. The second kappa shape index (κ2) is 16.6. The maximum absolute atomic E-state index is 15.4. The van der Waals surface area contributed by atoms with E-state index in [1.165, 1.54) is 5.19 Å². The van der Waals surface area contributed by atoms with Gasteiger partial charge in [-0.1, -0.05) is 89.7 Å². The van der Waals surface area contributed by atoms with Gasteiger partial charge in [0.2, 0.25) is 5.91 Å². The molecule has 12 heteroatoms. The Kier molecular flexibility index (Phi) is 11.5. The molecule has 1 saturated heterocycles. The molecular formula is C48H50BrN3O7Si. The molecule has 310 valence electrons. The summed E-state index contributed by atoms with van der Waals surface area (Å²) in [5.41, 5.74) is 4.09. The highest BCUT2D eigenvalue weighted by Crippen LogP contribution is 2.60. The Bertz CT molecular complexity index is 2430. The van der Waals surface area contributed by atoms with Gasteiger partial charge in [0.25, 0.3) is 11.8 Å². The van der Waals surface area contributed by atoms with Gasteiger partial charge in [-0.05, 0) is 95.4 Å². The Morgan fingerprint density at radius 3 is 2.27 bits per heavy atom. The first-order chi connectivity index (χ1) is 28.9. The molecule has 0 bridgehead atoms. The van der Waals surface area contributed by atoms with Crippen molar-refractivity contribution in [3.63, 3.8) is 0 Å². The van der Waals surface area contributed by atoms with Crippen LogP contribution in [0.5, 0.6) is 11.5 Å². The van der Waals surface area contributed by atoms with Crippen LogP contribution in [0.15, 0.2) is 120 Å². The number of methoxy groups -OCH3 is 2. The van der Waals surface area contributed by atoms with Crippen LogP contribution in [-0.2, 0) is 39.4 Å². The van der Waals surface area contributed by atoms with Gasteiger partial charge in [-0.2, -0.15) is 0 Å². The van der Waals surface area contributed by atoms with Crippen molar-refractivity contribution in [3.05, 3.63) is 148 Å². The largest absolute Gasteiger partial charge is 0.497 e. The third kappa shape index (κ3) is 7.44. The molecule has 3 amide bonds. The van der Waals surface area contributed by atoms with Crippen LogP contribution in [0.2, 0.25) is 18.6 Å². The predicted molar refractivity (Wildman–Crippen MR) is 238 cm³/mol. The Morgan fingerprint density at radius 2 is 1.58 bits per heavy atom. The highest BCUT2D eigenvalue weighted by atomic mass is 79.9. The van der Waals surface area contributed by atoms with Crippen molar-refractivity contribution < 1.29 is 33.7 Å². The zero-order valence-electron chi connectivity index (χ0n) is 34.5. The van der Waals surface area contributed by atoms with Crippen molar-refractivity contribution in [1.82, 2.24) is 4.90 Å². The SMILES string of the molecule is COc1ccc(C(=O)Nc2cccc(CN3C(=O)[C@@]4(O[C@@H](CC(=O)N5Cc6ccccc6C[C@H]5CO)[C@H]([Si](C)(C)c5ccc(OC)cc5)[C@H]4C)c4cc(Br)ccc43)c2)cc1. The van der Waals surface area contributed by atoms with Gasteiger partial charge in [-0.3, -0.25) is 14.4 Å². The summed E-state index contributed by atoms with van der Waals surface area (Å²) in [7, 11) is 0.680. The van der Waals surface area contributed by atoms with E-state index < -0.39 is 19.8 Å². The van der Waals surface area contributed by atoms with Crippen molar-refractivity contribution in [2.45, 2.75) is 69.2 Å². The van der Waals surface area contributed by atoms with Crippen LogP contribution >= 0.6 is 15.9 Å². The minimum Gasteiger partial charge on any atom is -0.497 e. The van der Waals surface area contributed by atoms with E-state index >= 15 is 4.79 Å². The molecule has 0 aliphatic carbocycles. The maximum Gasteiger partial charge on any atom is 0.264 e. The highest BCUT2D eigenvalue weighted by molar-refractivity contribution is 9.10. The number of anilines is 2. The normalized spacial score (nSPS) is 22.1. The molecule has 3 heterocycles. The first-order valence-electron chi connectivity index (χ1n) is 20.3. The lowest BCUT2D eigenvalue weighted by Crippen LogP contribution is -2.52. The number of nitrogens with zero attached hydrogens (tertiary/aromatic N) is 2. The molecule has 60 heavy (non-hydrogen) atoms. The fourth-order valence-corrected chi connectivity index (χ4v) is 14.2. The van der Waals surface area contributed by atoms with Gasteiger partial charge in [0.15, 0.2) is 5.60 Å². The smallest absolute Gasteiger partial charge is 0.264 e. The van der Waals surface area contributed by atoms with Crippen LogP contribution in [0.1, 0.15) is 46.0 Å². The molecule has 5 aromatic carbocycles. The standard InChI is InChI=1S/C48H50BrN3O7Si/c1-30-45(60(4,5)40-20-18-39(58-3)19-21-40)43(26-44(54)51-28-34-11-7-6-10-33(34)24-37(51)29-53)59-48(30)41-25-35(49)15-22-42(41)52(47(48)56)27-31-9-8-12-36(23-31)50-46(55)32-13-16-38(57-2)17-14-32/h6-23,25,30,37,43,45,53H,24,26-29H2,1-5H3,(H,50,55)/t30-,37+,43+,45-,48+/m1/s1. The molecule has 5 aromatic rings. The molecule has 1 spiro atoms. The summed E-state index contributed by atoms with van der Waals surface area (Å²) in [5, 5.41) is 14.7. The van der Waals surface area contributed by atoms with Crippen molar-refractivity contribution in [3.8, 4) is 11.5 Å². The van der Waals surface area contributed by atoms with E-state index in [0.717, 1.165) is 38.2 Å². The van der Waals surface area contributed by atoms with Gasteiger partial charge in [-0.15, -0.1) is 0 Å². The average molecular weight is 889 g/mol. The van der Waals surface area contributed by atoms with Crippen LogP contribution in [0.4, 0.5) is 11.4 Å². The Labute approximate surface area is 360 Å². The van der Waals surface area contributed by atoms with Crippen molar-refractivity contribution >= 4 is 58.3 Å². The van der Waals surface area contributed by atoms with Gasteiger partial charge in [0, 0.05) is 33.7 Å². The molecule has 8 rings (SSSR count). The van der Waals surface area contributed by atoms with Gasteiger partial charge < -0.3 is 34.4 Å². The first-order valence-corrected chi connectivity index (χ1v) is 24.2. The summed E-state index contributed by atoms with van der Waals surface area (Å²) in [6.07, 6.45) is 0.0373. The van der Waals surface area contributed by atoms with Crippen LogP contribution < -0.4 is 24.9 Å². The van der Waals surface area contributed by atoms with E-state index in [4.69, 9.17) is 14.2 Å². The summed E-state index contributed by atoms with van der Waals surface area (Å²) in [6, 6.07) is 36.2. The number of amides is 3. The first kappa shape index (κ1) is 41.5. The summed E-state index contributed by atoms with van der Waals surface area (Å²) in [5.74, 6) is 0.545. The van der Waals surface area contributed by atoms with Crippen LogP contribution in [-0.4, -0.2) is 68.8 Å². The number of benzene rings is 5. The van der Waals surface area contributed by atoms with Gasteiger partial charge in [0.05, 0.1) is 59.7 Å². The van der Waals surface area contributed by atoms with Crippen LogP contribution in [0.3, 0.4) is 0 Å². The molecule has 3 aliphatic heterocycles. The average Bonchev–Trinajstić information content (AvgIpc) is 3.68. The molecule has 0 saturated carbocycles. The molecule has 0 radical (unpaired) electrons. The molecule has 2 N–H and O–H groups in total. The lowest BCUT2D eigenvalue weighted by atomic mass is 9.82. The fraction of sp³-hybridized carbons (Fsp3) is 0.312. The summed E-state index contributed by atoms with van der Waals surface area (Å²) >= 11 is 3.70. The zero-order chi connectivity index (χ0) is 42.3. The number of carbonyl (C=O) groups is 3. The minimum absolute atomic E-state index is 0.0641. The summed E-state index contributed by atoms with van der Waals surface area (Å²) in [4.78, 5) is 46.9. The van der Waals surface area contributed by atoms with E-state index in [1.807, 2.05) is 72.8 Å². The molecule has 5 atom stereocenters. The Hall–Kier alpha value is -5.27. The number of fused-ring (bicyclic) bond motifs is 3. The number of carbonyl (C=O) groups excluding carboxylic acids is 3. The number of hydrogen-bond acceptors (Lipinski definition) is 7. The van der Waals surface area contributed by atoms with E-state index in [2.05, 4.69) is 59.5 Å². The number of aliphatic hydroxyl groups excluding tert-OH is 1. The van der Waals surface area contributed by atoms with Crippen LogP contribution in [0, 0.1) is 5.92 Å². The number of halogens is 1. The minimum atomic E-state index is -2.55. The van der Waals surface area contributed by atoms with E-state index in [1.54, 1.807) is 48.3 Å². The Balaban J connectivity index is 1.14. The monoisotopic (exact) mass is 887 g/mol. The van der Waals surface area contributed by atoms with E-state index in [9.17, 15) is 14.7 Å². The van der Waals surface area contributed by atoms with Crippen LogP contribution in [0.25, 0.3) is 0 Å². The van der Waals surface area contributed by atoms with Gasteiger partial charge in [0.1, 0.15) is 11.5 Å². The lowest BCUT2D eigenvalue weighted by Gasteiger charge is -2.39. The van der Waals surface area contributed by atoms with Crippen molar-refractivity contribution in [2.75, 3.05) is 31.0 Å². The molecule has 1 fully saturated rings. The van der Waals surface area contributed by atoms with Crippen molar-refractivity contribution in [1.29, 1.82) is 0 Å². The topological polar surface area (TPSA) is 118 Å². The second-order valence-corrected chi connectivity index (χ2v) is 22.2. The molecular weight excluding hydrogens is 839 g/mol. The third-order valence-corrected chi connectivity index (χ3v) is 17.8. The number of hydrogen-bond donors (Lipinski definition) is 2. The quantitative estimate of drug-likeness (QED) is 0.130. The van der Waals surface area contributed by atoms with Gasteiger partial charge in [-0.25, -0.2) is 0 Å². The summed E-state index contributed by atoms with van der Waals surface area (Å²) < 4.78 is 18.9. The number of rotatable bonds is 11. The summed E-state index contributed by atoms with van der Waals surface area (Å²) in [6.45, 7) is 7.20. The van der Waals surface area contributed by atoms with Crippen molar-refractivity contribution in [2.24, 2.45) is 5.92 Å². The molecule has 0 aromatic heterocycles. The zero-order valence-corrected chi connectivity index (χ0v) is 37.1. The van der Waals surface area contributed by atoms with E-state index in [0.29, 0.717) is 30.0 Å². The third-order valence-electron chi connectivity index (χ3n) is 12.9. The predicted octanol–water partition coefficient (Wildman–Crippen LogP) is 7.82.